The van der Waals surface area contributed by atoms with Crippen LogP contribution in [0.25, 0.3) is 0 Å². The summed E-state index contributed by atoms with van der Waals surface area (Å²) in [6.45, 7) is 0. The number of anilines is 2. The van der Waals surface area contributed by atoms with E-state index in [4.69, 9.17) is 26.8 Å². The summed E-state index contributed by atoms with van der Waals surface area (Å²) in [5.41, 5.74) is 6.31. The SMILES string of the molecule is COc1cc(OC)nc(NC(=O)c2ccc(Cl)c(N)c2)n1. The number of rotatable bonds is 4. The van der Waals surface area contributed by atoms with Crippen LogP contribution in [0.15, 0.2) is 24.3 Å². The van der Waals surface area contributed by atoms with Gasteiger partial charge in [-0.15, -0.1) is 0 Å². The fourth-order valence-corrected chi connectivity index (χ4v) is 1.65. The molecule has 1 aromatic carbocycles. The van der Waals surface area contributed by atoms with Crippen molar-refractivity contribution in [2.24, 2.45) is 0 Å². The molecule has 2 rings (SSSR count). The molecule has 0 saturated heterocycles. The van der Waals surface area contributed by atoms with E-state index in [1.165, 1.54) is 26.4 Å². The molecule has 3 N–H and O–H groups in total. The number of ether oxygens (including phenoxy) is 2. The van der Waals surface area contributed by atoms with Gasteiger partial charge >= 0.3 is 0 Å². The lowest BCUT2D eigenvalue weighted by Gasteiger charge is -2.08. The fourth-order valence-electron chi connectivity index (χ4n) is 1.53. The molecule has 110 valence electrons. The highest BCUT2D eigenvalue weighted by Crippen LogP contribution is 2.21. The van der Waals surface area contributed by atoms with Gasteiger partial charge in [0.25, 0.3) is 5.91 Å². The molecule has 1 heterocycles. The molecule has 7 nitrogen and oxygen atoms in total. The average Bonchev–Trinajstić information content (AvgIpc) is 2.49. The molecule has 0 fully saturated rings. The van der Waals surface area contributed by atoms with Gasteiger partial charge in [0.2, 0.25) is 17.7 Å². The van der Waals surface area contributed by atoms with Gasteiger partial charge in [0.05, 0.1) is 31.0 Å². The molecular formula is C13H13ClN4O3. The highest BCUT2D eigenvalue weighted by atomic mass is 35.5. The Hall–Kier alpha value is -2.54. The minimum atomic E-state index is -0.423. The van der Waals surface area contributed by atoms with Crippen LogP contribution in [-0.2, 0) is 0 Å². The van der Waals surface area contributed by atoms with Crippen molar-refractivity contribution >= 4 is 29.1 Å². The van der Waals surface area contributed by atoms with Crippen LogP contribution >= 0.6 is 11.6 Å². The summed E-state index contributed by atoms with van der Waals surface area (Å²) in [6.07, 6.45) is 0. The van der Waals surface area contributed by atoms with Gasteiger partial charge in [-0.3, -0.25) is 10.1 Å². The van der Waals surface area contributed by atoms with E-state index in [-0.39, 0.29) is 17.7 Å². The Balaban J connectivity index is 2.24. The number of nitrogens with two attached hydrogens (primary N) is 1. The van der Waals surface area contributed by atoms with E-state index in [9.17, 15) is 4.79 Å². The van der Waals surface area contributed by atoms with Crippen LogP contribution in [-0.4, -0.2) is 30.1 Å². The van der Waals surface area contributed by atoms with E-state index in [0.29, 0.717) is 16.3 Å². The van der Waals surface area contributed by atoms with E-state index in [1.807, 2.05) is 0 Å². The Bertz CT molecular complexity index is 656. The summed E-state index contributed by atoms with van der Waals surface area (Å²) in [5.74, 6) is 0.180. The zero-order valence-corrected chi connectivity index (χ0v) is 12.1. The molecule has 0 aliphatic rings. The first kappa shape index (κ1) is 14.9. The minimum Gasteiger partial charge on any atom is -0.481 e. The summed E-state index contributed by atoms with van der Waals surface area (Å²) in [7, 11) is 2.90. The normalized spacial score (nSPS) is 10.0. The van der Waals surface area contributed by atoms with Crippen molar-refractivity contribution in [2.75, 3.05) is 25.3 Å². The van der Waals surface area contributed by atoms with Crippen molar-refractivity contribution in [1.82, 2.24) is 9.97 Å². The fraction of sp³-hybridized carbons (Fsp3) is 0.154. The van der Waals surface area contributed by atoms with Crippen LogP contribution in [0.3, 0.4) is 0 Å². The monoisotopic (exact) mass is 308 g/mol. The molecule has 0 atom stereocenters. The minimum absolute atomic E-state index is 0.0599. The van der Waals surface area contributed by atoms with Gasteiger partial charge in [0, 0.05) is 5.56 Å². The van der Waals surface area contributed by atoms with Crippen molar-refractivity contribution in [1.29, 1.82) is 0 Å². The number of nitrogens with zero attached hydrogens (tertiary/aromatic N) is 2. The van der Waals surface area contributed by atoms with Crippen LogP contribution in [0.1, 0.15) is 10.4 Å². The highest BCUT2D eigenvalue weighted by Gasteiger charge is 2.12. The van der Waals surface area contributed by atoms with Crippen LogP contribution in [0.2, 0.25) is 5.02 Å². The number of amides is 1. The van der Waals surface area contributed by atoms with Gasteiger partial charge in [-0.25, -0.2) is 0 Å². The number of aromatic nitrogens is 2. The number of methoxy groups -OCH3 is 2. The number of carbonyl (C=O) groups is 1. The van der Waals surface area contributed by atoms with Crippen molar-refractivity contribution in [2.45, 2.75) is 0 Å². The smallest absolute Gasteiger partial charge is 0.258 e. The van der Waals surface area contributed by atoms with Crippen molar-refractivity contribution < 1.29 is 14.3 Å². The lowest BCUT2D eigenvalue weighted by Crippen LogP contribution is -2.15. The van der Waals surface area contributed by atoms with Gasteiger partial charge in [-0.05, 0) is 18.2 Å². The summed E-state index contributed by atoms with van der Waals surface area (Å²) in [6, 6.07) is 6.05. The molecule has 2 aromatic rings. The Kier molecular flexibility index (Phi) is 4.44. The van der Waals surface area contributed by atoms with Gasteiger partial charge < -0.3 is 15.2 Å². The maximum Gasteiger partial charge on any atom is 0.258 e. The average molecular weight is 309 g/mol. The van der Waals surface area contributed by atoms with Crippen LogP contribution in [0.4, 0.5) is 11.6 Å². The standard InChI is InChI=1S/C13H13ClN4O3/c1-20-10-6-11(21-2)17-13(16-10)18-12(19)7-3-4-8(14)9(15)5-7/h3-6H,15H2,1-2H3,(H,16,17,18,19). The number of hydrogen-bond acceptors (Lipinski definition) is 6. The van der Waals surface area contributed by atoms with Crippen LogP contribution in [0.5, 0.6) is 11.8 Å². The summed E-state index contributed by atoms with van der Waals surface area (Å²) in [4.78, 5) is 20.1. The predicted octanol–water partition coefficient (Wildman–Crippen LogP) is 1.98. The largest absolute Gasteiger partial charge is 0.481 e. The number of carbonyl (C=O) groups excluding carboxylic acids is 1. The predicted molar refractivity (Wildman–Crippen MR) is 79.0 cm³/mol. The number of benzene rings is 1. The maximum absolute atomic E-state index is 12.1. The molecule has 0 saturated carbocycles. The molecule has 1 amide bonds. The Morgan fingerprint density at radius 1 is 1.19 bits per heavy atom. The molecule has 21 heavy (non-hydrogen) atoms. The Morgan fingerprint density at radius 2 is 1.81 bits per heavy atom. The number of halogens is 1. The molecular weight excluding hydrogens is 296 g/mol. The summed E-state index contributed by atoms with van der Waals surface area (Å²) < 4.78 is 10.00. The van der Waals surface area contributed by atoms with Crippen molar-refractivity contribution in [3.05, 3.63) is 34.9 Å². The van der Waals surface area contributed by atoms with E-state index in [0.717, 1.165) is 0 Å². The van der Waals surface area contributed by atoms with E-state index >= 15 is 0 Å². The van der Waals surface area contributed by atoms with E-state index in [2.05, 4.69) is 15.3 Å². The van der Waals surface area contributed by atoms with Gasteiger partial charge in [-0.2, -0.15) is 9.97 Å². The lowest BCUT2D eigenvalue weighted by molar-refractivity contribution is 0.102. The molecule has 0 spiro atoms. The zero-order valence-electron chi connectivity index (χ0n) is 11.4. The molecule has 0 bridgehead atoms. The molecule has 0 aliphatic carbocycles. The first-order chi connectivity index (χ1) is 10.0. The molecule has 8 heteroatoms. The number of nitrogens with one attached hydrogen (secondary N) is 1. The maximum atomic E-state index is 12.1. The second-order valence-corrected chi connectivity index (χ2v) is 4.37. The lowest BCUT2D eigenvalue weighted by atomic mass is 10.2. The zero-order chi connectivity index (χ0) is 15.4. The second kappa shape index (κ2) is 6.27. The number of nitrogen functional groups attached to an aromatic ring is 1. The van der Waals surface area contributed by atoms with Crippen LogP contribution < -0.4 is 20.5 Å². The Morgan fingerprint density at radius 3 is 2.33 bits per heavy atom. The first-order valence-electron chi connectivity index (χ1n) is 5.87. The third-order valence-corrected chi connectivity index (χ3v) is 2.93. The van der Waals surface area contributed by atoms with Crippen molar-refractivity contribution in [3.8, 4) is 11.8 Å². The van der Waals surface area contributed by atoms with E-state index in [1.54, 1.807) is 12.1 Å². The summed E-state index contributed by atoms with van der Waals surface area (Å²) in [5, 5.41) is 2.91. The molecule has 0 aliphatic heterocycles. The first-order valence-corrected chi connectivity index (χ1v) is 6.24. The second-order valence-electron chi connectivity index (χ2n) is 3.97. The number of hydrogen-bond donors (Lipinski definition) is 2. The van der Waals surface area contributed by atoms with Gasteiger partial charge in [0.1, 0.15) is 0 Å². The topological polar surface area (TPSA) is 99.4 Å². The molecule has 0 radical (unpaired) electrons. The van der Waals surface area contributed by atoms with Crippen LogP contribution in [0, 0.1) is 0 Å². The Labute approximate surface area is 126 Å². The van der Waals surface area contributed by atoms with E-state index < -0.39 is 5.91 Å². The van der Waals surface area contributed by atoms with Crippen molar-refractivity contribution in [3.63, 3.8) is 0 Å². The third-order valence-electron chi connectivity index (χ3n) is 2.58. The van der Waals surface area contributed by atoms with Gasteiger partial charge in [-0.1, -0.05) is 11.6 Å². The molecule has 1 aromatic heterocycles. The quantitative estimate of drug-likeness (QED) is 0.838. The molecule has 0 unspecified atom stereocenters. The van der Waals surface area contributed by atoms with Gasteiger partial charge in [0.15, 0.2) is 0 Å². The summed E-state index contributed by atoms with van der Waals surface area (Å²) >= 11 is 5.81. The highest BCUT2D eigenvalue weighted by molar-refractivity contribution is 6.33. The third kappa shape index (κ3) is 3.51.